The van der Waals surface area contributed by atoms with E-state index >= 15 is 0 Å². The fourth-order valence-corrected chi connectivity index (χ4v) is 9.03. The van der Waals surface area contributed by atoms with Crippen LogP contribution in [0.4, 0.5) is 20.7 Å². The van der Waals surface area contributed by atoms with Crippen molar-refractivity contribution in [1.29, 1.82) is 0 Å². The summed E-state index contributed by atoms with van der Waals surface area (Å²) in [5.74, 6) is 0.664. The molecule has 8 heterocycles. The number of aromatic nitrogens is 10. The second-order valence-corrected chi connectivity index (χ2v) is 17.8. The summed E-state index contributed by atoms with van der Waals surface area (Å²) in [5.41, 5.74) is 6.12. The molecule has 10 rings (SSSR count). The zero-order valence-corrected chi connectivity index (χ0v) is 39.8. The van der Waals surface area contributed by atoms with Gasteiger partial charge in [-0.05, 0) is 123 Å². The smallest absolute Gasteiger partial charge is 0.414 e. The highest BCUT2D eigenvalue weighted by molar-refractivity contribution is 6.27. The molecule has 8 aromatic rings. The van der Waals surface area contributed by atoms with Crippen molar-refractivity contribution in [3.8, 4) is 0 Å². The molecule has 2 saturated heterocycles. The number of piperidine rings is 2. The SMILES string of the molecule is Fc1ccc(Cn2c(CC3CCN(CCNc4ncccn4)CC3)nc3ccncc32)cc1.Fc1ccc(Cn2c(CC3CCN(CCNc4ncccn4)CC3)nc3ccncc32)cc1.O=C(O)C(=O)O. The molecule has 20 heteroatoms. The van der Waals surface area contributed by atoms with Crippen molar-refractivity contribution in [3.63, 3.8) is 0 Å². The summed E-state index contributed by atoms with van der Waals surface area (Å²) >= 11 is 0. The van der Waals surface area contributed by atoms with Gasteiger partial charge in [0.05, 0.1) is 34.5 Å². The van der Waals surface area contributed by atoms with E-state index in [4.69, 9.17) is 29.8 Å². The normalized spacial score (nSPS) is 14.5. The van der Waals surface area contributed by atoms with Crippen LogP contribution >= 0.6 is 0 Å². The molecule has 0 saturated carbocycles. The van der Waals surface area contributed by atoms with E-state index in [1.165, 1.54) is 24.3 Å². The number of benzene rings is 2. The third-order valence-electron chi connectivity index (χ3n) is 12.9. The van der Waals surface area contributed by atoms with E-state index in [-0.39, 0.29) is 11.6 Å². The minimum atomic E-state index is -1.82. The Morgan fingerprint density at radius 1 is 0.542 bits per heavy atom. The molecular weight excluding hydrogens is 923 g/mol. The van der Waals surface area contributed by atoms with Crippen LogP contribution in [0.2, 0.25) is 0 Å². The van der Waals surface area contributed by atoms with Crippen LogP contribution in [0.15, 0.2) is 122 Å². The summed E-state index contributed by atoms with van der Waals surface area (Å²) in [6, 6.07) is 21.0. The number of anilines is 2. The third-order valence-corrected chi connectivity index (χ3v) is 12.9. The van der Waals surface area contributed by atoms with Gasteiger partial charge < -0.3 is 39.8 Å². The van der Waals surface area contributed by atoms with Crippen LogP contribution in [-0.4, -0.2) is 133 Å². The van der Waals surface area contributed by atoms with Crippen LogP contribution in [0.5, 0.6) is 0 Å². The molecule has 0 bridgehead atoms. The predicted octanol–water partition coefficient (Wildman–Crippen LogP) is 6.71. The summed E-state index contributed by atoms with van der Waals surface area (Å²) in [4.78, 5) is 58.5. The van der Waals surface area contributed by atoms with Crippen molar-refractivity contribution < 1.29 is 28.6 Å². The van der Waals surface area contributed by atoms with E-state index in [0.29, 0.717) is 36.8 Å². The van der Waals surface area contributed by atoms with Gasteiger partial charge in [0.25, 0.3) is 0 Å². The lowest BCUT2D eigenvalue weighted by molar-refractivity contribution is -0.159. The molecule has 0 spiro atoms. The topological polar surface area (TPSA) is 218 Å². The molecular formula is C52H58F2N14O4. The first-order chi connectivity index (χ1) is 35.1. The summed E-state index contributed by atoms with van der Waals surface area (Å²) in [6.07, 6.45) is 20.8. The zero-order chi connectivity index (χ0) is 50.1. The standard InChI is InChI=1S/2C25H28FN7.C2H2O4/c2*26-21-4-2-20(3-5-21)18-33-23-17-27-11-6-22(23)31-24(33)16-19-7-13-32(14-8-19)15-12-30-25-28-9-1-10-29-25;3-1(4)2(5)6/h2*1-6,9-11,17,19H,7-8,12-16,18H2,(H,28,29,30);(H,3,4)(H,5,6). The molecule has 0 atom stereocenters. The molecule has 2 aliphatic heterocycles. The summed E-state index contributed by atoms with van der Waals surface area (Å²) in [6.45, 7) is 9.34. The van der Waals surface area contributed by atoms with Crippen LogP contribution in [0.25, 0.3) is 22.1 Å². The molecule has 0 amide bonds. The molecule has 0 radical (unpaired) electrons. The number of hydrogen-bond donors (Lipinski definition) is 4. The number of imidazole rings is 2. The van der Waals surface area contributed by atoms with E-state index in [2.05, 4.69) is 59.5 Å². The van der Waals surface area contributed by atoms with Crippen LogP contribution in [-0.2, 0) is 35.5 Å². The average molecular weight is 981 g/mol. The van der Waals surface area contributed by atoms with Gasteiger partial charge in [0.1, 0.15) is 23.3 Å². The Bertz CT molecular complexity index is 2750. The number of rotatable bonds is 16. The Morgan fingerprint density at radius 3 is 1.28 bits per heavy atom. The van der Waals surface area contributed by atoms with Gasteiger partial charge in [-0.2, -0.15) is 0 Å². The molecule has 2 aliphatic rings. The van der Waals surface area contributed by atoms with Gasteiger partial charge in [0.2, 0.25) is 11.9 Å². The van der Waals surface area contributed by atoms with Crippen molar-refractivity contribution in [2.45, 2.75) is 51.6 Å². The third kappa shape index (κ3) is 14.6. The number of aliphatic carboxylic acids is 2. The number of carbonyl (C=O) groups is 2. The van der Waals surface area contributed by atoms with Crippen LogP contribution < -0.4 is 10.6 Å². The van der Waals surface area contributed by atoms with Crippen LogP contribution in [0, 0.1) is 23.5 Å². The van der Waals surface area contributed by atoms with Gasteiger partial charge in [0, 0.05) is 89.3 Å². The number of nitrogens with one attached hydrogen (secondary N) is 2. The van der Waals surface area contributed by atoms with Crippen molar-refractivity contribution in [2.75, 3.05) is 63.0 Å². The molecule has 18 nitrogen and oxygen atoms in total. The summed E-state index contributed by atoms with van der Waals surface area (Å²) < 4.78 is 31.2. The molecule has 0 unspecified atom stereocenters. The van der Waals surface area contributed by atoms with Gasteiger partial charge in [0.15, 0.2) is 0 Å². The van der Waals surface area contributed by atoms with Gasteiger partial charge in [-0.3, -0.25) is 9.97 Å². The second kappa shape index (κ2) is 25.3. The van der Waals surface area contributed by atoms with Crippen molar-refractivity contribution in [1.82, 2.24) is 58.8 Å². The van der Waals surface area contributed by atoms with Crippen LogP contribution in [0.3, 0.4) is 0 Å². The van der Waals surface area contributed by atoms with Crippen molar-refractivity contribution in [2.24, 2.45) is 11.8 Å². The first-order valence-electron chi connectivity index (χ1n) is 24.1. The molecule has 4 N–H and O–H groups in total. The Labute approximate surface area is 415 Å². The highest BCUT2D eigenvalue weighted by Gasteiger charge is 2.24. The minimum Gasteiger partial charge on any atom is -0.473 e. The largest absolute Gasteiger partial charge is 0.473 e. The first kappa shape index (κ1) is 50.5. The highest BCUT2D eigenvalue weighted by atomic mass is 19.1. The van der Waals surface area contributed by atoms with Crippen LogP contribution in [0.1, 0.15) is 48.5 Å². The molecule has 0 aliphatic carbocycles. The Balaban J connectivity index is 0.000000173. The fraction of sp³-hybridized carbons (Fsp3) is 0.346. The number of pyridine rings is 2. The fourth-order valence-electron chi connectivity index (χ4n) is 9.03. The lowest BCUT2D eigenvalue weighted by atomic mass is 9.93. The lowest BCUT2D eigenvalue weighted by Gasteiger charge is -2.31. The maximum absolute atomic E-state index is 13.4. The number of carboxylic acid groups (broad SMARTS) is 2. The maximum atomic E-state index is 13.4. The maximum Gasteiger partial charge on any atom is 0.414 e. The summed E-state index contributed by atoms with van der Waals surface area (Å²) in [5, 5.41) is 21.4. The number of nitrogens with zero attached hydrogens (tertiary/aromatic N) is 12. The summed E-state index contributed by atoms with van der Waals surface area (Å²) in [7, 11) is 0. The molecule has 374 valence electrons. The molecule has 6 aromatic heterocycles. The lowest BCUT2D eigenvalue weighted by Crippen LogP contribution is -2.37. The monoisotopic (exact) mass is 980 g/mol. The number of hydrogen-bond acceptors (Lipinski definition) is 14. The quantitative estimate of drug-likeness (QED) is 0.0740. The van der Waals surface area contributed by atoms with Gasteiger partial charge >= 0.3 is 11.9 Å². The van der Waals surface area contributed by atoms with E-state index in [1.807, 2.05) is 60.9 Å². The second-order valence-electron chi connectivity index (χ2n) is 17.8. The minimum absolute atomic E-state index is 0.214. The van der Waals surface area contributed by atoms with Gasteiger partial charge in [-0.15, -0.1) is 0 Å². The Morgan fingerprint density at radius 2 is 0.917 bits per heavy atom. The van der Waals surface area contributed by atoms with Gasteiger partial charge in [-0.1, -0.05) is 24.3 Å². The average Bonchev–Trinajstić information content (AvgIpc) is 3.93. The van der Waals surface area contributed by atoms with Crippen molar-refractivity contribution in [3.05, 3.63) is 157 Å². The Kier molecular flexibility index (Phi) is 17.8. The van der Waals surface area contributed by atoms with E-state index in [1.54, 1.807) is 37.2 Å². The number of carboxylic acids is 2. The first-order valence-corrected chi connectivity index (χ1v) is 24.1. The molecule has 2 fully saturated rings. The Hall–Kier alpha value is -7.84. The predicted molar refractivity (Wildman–Crippen MR) is 268 cm³/mol. The highest BCUT2D eigenvalue weighted by Crippen LogP contribution is 2.27. The molecule has 2 aromatic carbocycles. The zero-order valence-electron chi connectivity index (χ0n) is 39.8. The van der Waals surface area contributed by atoms with E-state index < -0.39 is 11.9 Å². The number of halogens is 2. The van der Waals surface area contributed by atoms with E-state index in [9.17, 15) is 8.78 Å². The number of likely N-dealkylation sites (tertiary alicyclic amines) is 2. The number of fused-ring (bicyclic) bond motifs is 2. The van der Waals surface area contributed by atoms with Crippen molar-refractivity contribution >= 4 is 45.9 Å². The van der Waals surface area contributed by atoms with Gasteiger partial charge in [-0.25, -0.2) is 48.3 Å². The molecule has 72 heavy (non-hydrogen) atoms. The van der Waals surface area contributed by atoms with E-state index in [0.717, 1.165) is 136 Å².